The molecule has 4 heteroatoms. The van der Waals surface area contributed by atoms with Crippen LogP contribution in [0.15, 0.2) is 71.2 Å². The lowest BCUT2D eigenvalue weighted by Gasteiger charge is -2.02. The van der Waals surface area contributed by atoms with E-state index in [1.54, 1.807) is 0 Å². The van der Waals surface area contributed by atoms with E-state index in [1.165, 1.54) is 0 Å². The molecule has 0 aliphatic rings. The quantitative estimate of drug-likeness (QED) is 0.492. The van der Waals surface area contributed by atoms with E-state index in [0.29, 0.717) is 0 Å². The third-order valence-electron chi connectivity index (χ3n) is 3.79. The second-order valence-electron chi connectivity index (χ2n) is 5.43. The zero-order valence-corrected chi connectivity index (χ0v) is 14.2. The summed E-state index contributed by atoms with van der Waals surface area (Å²) in [7, 11) is 0. The van der Waals surface area contributed by atoms with Gasteiger partial charge in [-0.2, -0.15) is 5.10 Å². The normalized spacial score (nSPS) is 11.0. The minimum absolute atomic E-state index is 0.883. The molecule has 0 atom stereocenters. The standard InChI is InChI=1S/C19H14BrN3/c1-13-7-12-17-18(14-8-10-15(20)11-9-14)22-23(19(17)21-13)16-5-3-2-4-6-16/h2-12H,1H3. The number of para-hydroxylation sites is 1. The highest BCUT2D eigenvalue weighted by atomic mass is 79.9. The van der Waals surface area contributed by atoms with Gasteiger partial charge in [-0.1, -0.05) is 46.3 Å². The summed E-state index contributed by atoms with van der Waals surface area (Å²) < 4.78 is 2.97. The lowest BCUT2D eigenvalue weighted by molar-refractivity contribution is 0.898. The largest absolute Gasteiger partial charge is 0.233 e. The number of halogens is 1. The van der Waals surface area contributed by atoms with Crippen molar-refractivity contribution in [1.82, 2.24) is 14.8 Å². The topological polar surface area (TPSA) is 30.7 Å². The molecule has 0 spiro atoms. The molecule has 0 unspecified atom stereocenters. The summed E-state index contributed by atoms with van der Waals surface area (Å²) >= 11 is 3.48. The van der Waals surface area contributed by atoms with Crippen molar-refractivity contribution in [3.8, 4) is 16.9 Å². The smallest absolute Gasteiger partial charge is 0.163 e. The fraction of sp³-hybridized carbons (Fsp3) is 0.0526. The number of aryl methyl sites for hydroxylation is 1. The fourth-order valence-electron chi connectivity index (χ4n) is 2.66. The van der Waals surface area contributed by atoms with Crippen LogP contribution in [0, 0.1) is 6.92 Å². The highest BCUT2D eigenvalue weighted by Crippen LogP contribution is 2.29. The molecule has 4 aromatic rings. The van der Waals surface area contributed by atoms with E-state index in [9.17, 15) is 0 Å². The number of hydrogen-bond acceptors (Lipinski definition) is 2. The van der Waals surface area contributed by atoms with Crippen molar-refractivity contribution in [1.29, 1.82) is 0 Å². The molecule has 4 rings (SSSR count). The van der Waals surface area contributed by atoms with E-state index < -0.39 is 0 Å². The number of pyridine rings is 1. The minimum atomic E-state index is 0.883. The molecule has 0 saturated heterocycles. The van der Waals surface area contributed by atoms with Crippen LogP contribution in [0.1, 0.15) is 5.69 Å². The molecule has 2 aromatic heterocycles. The molecule has 0 N–H and O–H groups in total. The van der Waals surface area contributed by atoms with Gasteiger partial charge in [0, 0.05) is 21.1 Å². The van der Waals surface area contributed by atoms with Crippen LogP contribution in [0.4, 0.5) is 0 Å². The summed E-state index contributed by atoms with van der Waals surface area (Å²) in [5.74, 6) is 0. The molecule has 0 bridgehead atoms. The van der Waals surface area contributed by atoms with E-state index in [2.05, 4.69) is 34.1 Å². The Morgan fingerprint density at radius 2 is 1.61 bits per heavy atom. The van der Waals surface area contributed by atoms with Gasteiger partial charge < -0.3 is 0 Å². The summed E-state index contributed by atoms with van der Waals surface area (Å²) in [4.78, 5) is 4.71. The van der Waals surface area contributed by atoms with Crippen LogP contribution in [-0.2, 0) is 0 Å². The predicted octanol–water partition coefficient (Wildman–Crippen LogP) is 5.16. The first kappa shape index (κ1) is 14.2. The monoisotopic (exact) mass is 363 g/mol. The van der Waals surface area contributed by atoms with Crippen LogP contribution in [0.3, 0.4) is 0 Å². The van der Waals surface area contributed by atoms with Crippen LogP contribution < -0.4 is 0 Å². The maximum atomic E-state index is 4.84. The van der Waals surface area contributed by atoms with E-state index in [1.807, 2.05) is 60.1 Å². The molecule has 112 valence electrons. The Morgan fingerprint density at radius 3 is 2.35 bits per heavy atom. The summed E-state index contributed by atoms with van der Waals surface area (Å²) in [5.41, 5.74) is 4.91. The van der Waals surface area contributed by atoms with E-state index in [-0.39, 0.29) is 0 Å². The average Bonchev–Trinajstić information content (AvgIpc) is 2.95. The fourth-order valence-corrected chi connectivity index (χ4v) is 2.93. The molecule has 0 fully saturated rings. The summed E-state index contributed by atoms with van der Waals surface area (Å²) in [6, 6.07) is 22.4. The van der Waals surface area contributed by atoms with Crippen molar-refractivity contribution in [2.75, 3.05) is 0 Å². The maximum Gasteiger partial charge on any atom is 0.163 e. The number of benzene rings is 2. The van der Waals surface area contributed by atoms with Gasteiger partial charge in [0.15, 0.2) is 5.65 Å². The number of fused-ring (bicyclic) bond motifs is 1. The molecule has 0 radical (unpaired) electrons. The number of nitrogens with zero attached hydrogens (tertiary/aromatic N) is 3. The first-order valence-corrected chi connectivity index (χ1v) is 8.19. The molecule has 2 heterocycles. The van der Waals surface area contributed by atoms with Crippen molar-refractivity contribution in [2.24, 2.45) is 0 Å². The summed E-state index contributed by atoms with van der Waals surface area (Å²) in [5, 5.41) is 5.90. The number of aromatic nitrogens is 3. The molecule has 23 heavy (non-hydrogen) atoms. The first-order valence-electron chi connectivity index (χ1n) is 7.40. The van der Waals surface area contributed by atoms with Crippen LogP contribution >= 0.6 is 15.9 Å². The van der Waals surface area contributed by atoms with Gasteiger partial charge in [0.2, 0.25) is 0 Å². The SMILES string of the molecule is Cc1ccc2c(-c3ccc(Br)cc3)nn(-c3ccccc3)c2n1. The summed E-state index contributed by atoms with van der Waals surface area (Å²) in [6.45, 7) is 2.00. The van der Waals surface area contributed by atoms with Gasteiger partial charge in [0.1, 0.15) is 5.69 Å². The van der Waals surface area contributed by atoms with Gasteiger partial charge >= 0.3 is 0 Å². The molecule has 0 saturated carbocycles. The Balaban J connectivity index is 2.01. The first-order chi connectivity index (χ1) is 11.2. The highest BCUT2D eigenvalue weighted by Gasteiger charge is 2.14. The Hall–Kier alpha value is -2.46. The van der Waals surface area contributed by atoms with Gasteiger partial charge in [-0.15, -0.1) is 0 Å². The molecule has 0 amide bonds. The van der Waals surface area contributed by atoms with Gasteiger partial charge in [-0.3, -0.25) is 0 Å². The second kappa shape index (κ2) is 5.63. The van der Waals surface area contributed by atoms with Crippen LogP contribution in [0.5, 0.6) is 0 Å². The third-order valence-corrected chi connectivity index (χ3v) is 4.32. The van der Waals surface area contributed by atoms with Crippen molar-refractivity contribution in [2.45, 2.75) is 6.92 Å². The Labute approximate surface area is 142 Å². The van der Waals surface area contributed by atoms with Crippen molar-refractivity contribution >= 4 is 27.0 Å². The van der Waals surface area contributed by atoms with Gasteiger partial charge in [0.25, 0.3) is 0 Å². The lowest BCUT2D eigenvalue weighted by atomic mass is 10.1. The molecule has 2 aromatic carbocycles. The highest BCUT2D eigenvalue weighted by molar-refractivity contribution is 9.10. The van der Waals surface area contributed by atoms with Gasteiger partial charge in [-0.25, -0.2) is 9.67 Å². The third kappa shape index (κ3) is 2.55. The summed E-state index contributed by atoms with van der Waals surface area (Å²) in [6.07, 6.45) is 0. The van der Waals surface area contributed by atoms with Crippen molar-refractivity contribution in [3.63, 3.8) is 0 Å². The van der Waals surface area contributed by atoms with Crippen molar-refractivity contribution < 1.29 is 0 Å². The van der Waals surface area contributed by atoms with Crippen LogP contribution in [-0.4, -0.2) is 14.8 Å². The van der Waals surface area contributed by atoms with E-state index in [0.717, 1.165) is 38.1 Å². The lowest BCUT2D eigenvalue weighted by Crippen LogP contribution is -1.97. The Morgan fingerprint density at radius 1 is 0.870 bits per heavy atom. The predicted molar refractivity (Wildman–Crippen MR) is 96.7 cm³/mol. The minimum Gasteiger partial charge on any atom is -0.233 e. The maximum absolute atomic E-state index is 4.84. The number of hydrogen-bond donors (Lipinski definition) is 0. The zero-order valence-electron chi connectivity index (χ0n) is 12.6. The molecule has 3 nitrogen and oxygen atoms in total. The van der Waals surface area contributed by atoms with E-state index >= 15 is 0 Å². The Bertz CT molecular complexity index is 973. The molecular formula is C19H14BrN3. The molecule has 0 aliphatic carbocycles. The average molecular weight is 364 g/mol. The van der Waals surface area contributed by atoms with Gasteiger partial charge in [-0.05, 0) is 43.3 Å². The van der Waals surface area contributed by atoms with Crippen molar-refractivity contribution in [3.05, 3.63) is 76.9 Å². The molecule has 0 aliphatic heterocycles. The van der Waals surface area contributed by atoms with E-state index in [4.69, 9.17) is 10.1 Å². The van der Waals surface area contributed by atoms with Crippen LogP contribution in [0.25, 0.3) is 28.0 Å². The number of rotatable bonds is 2. The second-order valence-corrected chi connectivity index (χ2v) is 6.34. The van der Waals surface area contributed by atoms with Gasteiger partial charge in [0.05, 0.1) is 5.69 Å². The zero-order chi connectivity index (χ0) is 15.8. The molecular weight excluding hydrogens is 350 g/mol. The Kier molecular flexibility index (Phi) is 3.46. The van der Waals surface area contributed by atoms with Crippen LogP contribution in [0.2, 0.25) is 0 Å².